The van der Waals surface area contributed by atoms with Gasteiger partial charge in [-0.05, 0) is 18.4 Å². The molecule has 2 heterocycles. The maximum atomic E-state index is 12.9. The molecule has 28 heavy (non-hydrogen) atoms. The van der Waals surface area contributed by atoms with Crippen LogP contribution in [0, 0.1) is 5.92 Å². The third kappa shape index (κ3) is 4.70. The van der Waals surface area contributed by atoms with Crippen LogP contribution in [0.3, 0.4) is 0 Å². The lowest BCUT2D eigenvalue weighted by molar-refractivity contribution is -0.130. The van der Waals surface area contributed by atoms with E-state index in [-0.39, 0.29) is 30.2 Å². The number of ether oxygens (including phenoxy) is 1. The average Bonchev–Trinajstić information content (AvgIpc) is 3.26. The van der Waals surface area contributed by atoms with E-state index in [4.69, 9.17) is 4.74 Å². The Morgan fingerprint density at radius 3 is 2.64 bits per heavy atom. The number of nitrogens with zero attached hydrogens (tertiary/aromatic N) is 2. The molecule has 0 spiro atoms. The molecule has 2 aliphatic rings. The van der Waals surface area contributed by atoms with E-state index in [0.29, 0.717) is 32.7 Å². The second-order valence-electron chi connectivity index (χ2n) is 7.37. The van der Waals surface area contributed by atoms with E-state index in [1.165, 1.54) is 0 Å². The fraction of sp³-hybridized carbons (Fsp3) is 0.571. The van der Waals surface area contributed by atoms with E-state index in [2.05, 4.69) is 5.32 Å². The maximum Gasteiger partial charge on any atom is 0.226 e. The Labute approximate surface area is 166 Å². The molecular formula is C21H29N3O4. The first-order chi connectivity index (χ1) is 13.6. The number of hydrogen-bond donors (Lipinski definition) is 1. The lowest BCUT2D eigenvalue weighted by Crippen LogP contribution is -2.38. The summed E-state index contributed by atoms with van der Waals surface area (Å²) >= 11 is 0. The highest BCUT2D eigenvalue weighted by Gasteiger charge is 2.44. The van der Waals surface area contributed by atoms with E-state index in [9.17, 15) is 14.4 Å². The number of rotatable bonds is 9. The molecule has 7 heteroatoms. The molecule has 2 saturated heterocycles. The molecule has 1 aromatic carbocycles. The molecule has 2 aliphatic heterocycles. The van der Waals surface area contributed by atoms with Crippen LogP contribution in [0.2, 0.25) is 0 Å². The van der Waals surface area contributed by atoms with Crippen LogP contribution in [0.25, 0.3) is 0 Å². The molecule has 0 saturated carbocycles. The van der Waals surface area contributed by atoms with Crippen LogP contribution in [0.5, 0.6) is 0 Å². The van der Waals surface area contributed by atoms with Gasteiger partial charge in [-0.2, -0.15) is 0 Å². The van der Waals surface area contributed by atoms with E-state index >= 15 is 0 Å². The average molecular weight is 387 g/mol. The summed E-state index contributed by atoms with van der Waals surface area (Å²) in [5.74, 6) is -0.339. The lowest BCUT2D eigenvalue weighted by Gasteiger charge is -2.28. The van der Waals surface area contributed by atoms with Gasteiger partial charge in [-0.15, -0.1) is 0 Å². The van der Waals surface area contributed by atoms with Crippen LogP contribution in [-0.2, 0) is 19.1 Å². The first-order valence-corrected chi connectivity index (χ1v) is 10.0. The molecule has 0 radical (unpaired) electrons. The molecule has 3 rings (SSSR count). The zero-order valence-electron chi connectivity index (χ0n) is 16.4. The molecule has 7 nitrogen and oxygen atoms in total. The van der Waals surface area contributed by atoms with Gasteiger partial charge in [0.2, 0.25) is 17.7 Å². The summed E-state index contributed by atoms with van der Waals surface area (Å²) in [6.07, 6.45) is 2.49. The molecule has 1 aromatic rings. The van der Waals surface area contributed by atoms with Crippen LogP contribution in [0.1, 0.15) is 37.3 Å². The summed E-state index contributed by atoms with van der Waals surface area (Å²) in [5.41, 5.74) is 0.965. The second-order valence-corrected chi connectivity index (χ2v) is 7.37. The van der Waals surface area contributed by atoms with Crippen molar-refractivity contribution < 1.29 is 19.1 Å². The Morgan fingerprint density at radius 2 is 1.96 bits per heavy atom. The summed E-state index contributed by atoms with van der Waals surface area (Å²) in [6, 6.07) is 9.42. The number of amides is 3. The quantitative estimate of drug-likeness (QED) is 0.649. The van der Waals surface area contributed by atoms with Gasteiger partial charge in [-0.25, -0.2) is 0 Å². The topological polar surface area (TPSA) is 79.0 Å². The van der Waals surface area contributed by atoms with Crippen LogP contribution >= 0.6 is 0 Å². The molecule has 3 amide bonds. The number of methoxy groups -OCH3 is 1. The summed E-state index contributed by atoms with van der Waals surface area (Å²) in [5, 5.41) is 2.97. The highest BCUT2D eigenvalue weighted by atomic mass is 16.5. The Morgan fingerprint density at radius 1 is 1.18 bits per heavy atom. The Hall–Kier alpha value is -2.41. The number of likely N-dealkylation sites (tertiary alicyclic amines) is 2. The van der Waals surface area contributed by atoms with E-state index in [1.54, 1.807) is 12.0 Å². The maximum absolute atomic E-state index is 12.9. The molecule has 0 aliphatic carbocycles. The van der Waals surface area contributed by atoms with Gasteiger partial charge in [0.15, 0.2) is 0 Å². The SMILES string of the molecule is COCCN1C(=O)C[C@@H](C(=O)NCCCN2CCCC2=O)[C@@H]1c1ccccc1. The summed E-state index contributed by atoms with van der Waals surface area (Å²) in [6.45, 7) is 2.90. The second kappa shape index (κ2) is 9.68. The normalized spacial score (nSPS) is 22.2. The minimum Gasteiger partial charge on any atom is -0.383 e. The summed E-state index contributed by atoms with van der Waals surface area (Å²) in [4.78, 5) is 40.7. The summed E-state index contributed by atoms with van der Waals surface area (Å²) in [7, 11) is 1.60. The van der Waals surface area contributed by atoms with Gasteiger partial charge >= 0.3 is 0 Å². The van der Waals surface area contributed by atoms with Crippen molar-refractivity contribution >= 4 is 17.7 Å². The van der Waals surface area contributed by atoms with Crippen LogP contribution in [0.15, 0.2) is 30.3 Å². The molecule has 1 N–H and O–H groups in total. The molecule has 0 aromatic heterocycles. The summed E-state index contributed by atoms with van der Waals surface area (Å²) < 4.78 is 5.14. The van der Waals surface area contributed by atoms with Gasteiger partial charge in [0, 0.05) is 46.1 Å². The minimum absolute atomic E-state index is 0.0197. The fourth-order valence-electron chi connectivity index (χ4n) is 4.09. The Bertz CT molecular complexity index is 694. The number of benzene rings is 1. The predicted octanol–water partition coefficient (Wildman–Crippen LogP) is 1.35. The molecule has 0 unspecified atom stereocenters. The molecular weight excluding hydrogens is 358 g/mol. The smallest absolute Gasteiger partial charge is 0.226 e. The van der Waals surface area contributed by atoms with Gasteiger partial charge in [0.1, 0.15) is 0 Å². The van der Waals surface area contributed by atoms with Crippen LogP contribution < -0.4 is 5.32 Å². The van der Waals surface area contributed by atoms with Gasteiger partial charge in [0.25, 0.3) is 0 Å². The van der Waals surface area contributed by atoms with Crippen molar-refractivity contribution in [3.63, 3.8) is 0 Å². The van der Waals surface area contributed by atoms with Gasteiger partial charge in [-0.3, -0.25) is 14.4 Å². The van der Waals surface area contributed by atoms with Gasteiger partial charge in [-0.1, -0.05) is 30.3 Å². The van der Waals surface area contributed by atoms with Gasteiger partial charge < -0.3 is 19.9 Å². The largest absolute Gasteiger partial charge is 0.383 e. The van der Waals surface area contributed by atoms with Gasteiger partial charge in [0.05, 0.1) is 18.6 Å². The van der Waals surface area contributed by atoms with Crippen molar-refractivity contribution in [1.82, 2.24) is 15.1 Å². The molecule has 2 fully saturated rings. The first kappa shape index (κ1) is 20.3. The Balaban J connectivity index is 1.60. The van der Waals surface area contributed by atoms with Crippen molar-refractivity contribution in [1.29, 1.82) is 0 Å². The number of carbonyl (C=O) groups is 3. The van der Waals surface area contributed by atoms with Crippen molar-refractivity contribution in [3.05, 3.63) is 35.9 Å². The highest BCUT2D eigenvalue weighted by molar-refractivity contribution is 5.90. The standard InChI is InChI=1S/C21H29N3O4/c1-28-14-13-24-19(26)15-17(20(24)16-7-3-2-4-8-16)21(27)22-10-6-12-23-11-5-9-18(23)25/h2-4,7-8,17,20H,5-6,9-15H2,1H3,(H,22,27)/t17-,20+/m1/s1. The predicted molar refractivity (Wildman–Crippen MR) is 104 cm³/mol. The first-order valence-electron chi connectivity index (χ1n) is 10.0. The lowest BCUT2D eigenvalue weighted by atomic mass is 9.92. The number of hydrogen-bond acceptors (Lipinski definition) is 4. The third-order valence-corrected chi connectivity index (χ3v) is 5.52. The number of nitrogens with one attached hydrogen (secondary N) is 1. The van der Waals surface area contributed by atoms with Crippen LogP contribution in [-0.4, -0.2) is 67.4 Å². The van der Waals surface area contributed by atoms with Crippen molar-refractivity contribution in [2.24, 2.45) is 5.92 Å². The number of carbonyl (C=O) groups excluding carboxylic acids is 3. The zero-order valence-corrected chi connectivity index (χ0v) is 16.4. The molecule has 0 bridgehead atoms. The minimum atomic E-state index is -0.417. The molecule has 2 atom stereocenters. The zero-order chi connectivity index (χ0) is 19.9. The monoisotopic (exact) mass is 387 g/mol. The van der Waals surface area contributed by atoms with Crippen LogP contribution in [0.4, 0.5) is 0 Å². The molecule has 152 valence electrons. The van der Waals surface area contributed by atoms with E-state index in [0.717, 1.165) is 24.9 Å². The fourth-order valence-corrected chi connectivity index (χ4v) is 4.09. The highest BCUT2D eigenvalue weighted by Crippen LogP contribution is 2.38. The van der Waals surface area contributed by atoms with Crippen molar-refractivity contribution in [2.45, 2.75) is 31.7 Å². The van der Waals surface area contributed by atoms with Crippen molar-refractivity contribution in [2.75, 3.05) is 39.9 Å². The van der Waals surface area contributed by atoms with E-state index < -0.39 is 5.92 Å². The van der Waals surface area contributed by atoms with Crippen molar-refractivity contribution in [3.8, 4) is 0 Å². The van der Waals surface area contributed by atoms with E-state index in [1.807, 2.05) is 35.2 Å². The Kier molecular flexibility index (Phi) is 7.03. The third-order valence-electron chi connectivity index (χ3n) is 5.52.